The lowest BCUT2D eigenvalue weighted by molar-refractivity contribution is -0.135. The molecule has 140 valence electrons. The number of urea groups is 1. The van der Waals surface area contributed by atoms with Gasteiger partial charge in [0.25, 0.3) is 0 Å². The van der Waals surface area contributed by atoms with E-state index in [2.05, 4.69) is 15.6 Å². The average Bonchev–Trinajstić information content (AvgIpc) is 3.30. The molecule has 1 unspecified atom stereocenters. The number of ether oxygens (including phenoxy) is 1. The Bertz CT molecular complexity index is 733. The number of rotatable bonds is 6. The maximum absolute atomic E-state index is 12.3. The summed E-state index contributed by atoms with van der Waals surface area (Å²) in [5, 5.41) is 6.20. The van der Waals surface area contributed by atoms with Crippen LogP contribution in [-0.2, 0) is 9.53 Å². The molecule has 3 rings (SSSR count). The summed E-state index contributed by atoms with van der Waals surface area (Å²) < 4.78 is 5.08. The minimum atomic E-state index is -0.485. The van der Waals surface area contributed by atoms with Crippen LogP contribution >= 0.6 is 11.6 Å². The van der Waals surface area contributed by atoms with Crippen molar-refractivity contribution in [1.29, 1.82) is 0 Å². The number of benzene rings is 1. The molecular formula is C18H23ClN4O3. The molecular weight excluding hydrogens is 356 g/mol. The molecule has 8 heteroatoms. The van der Waals surface area contributed by atoms with Crippen molar-refractivity contribution in [3.63, 3.8) is 0 Å². The molecule has 1 aromatic rings. The number of carbonyl (C=O) groups excluding carboxylic acids is 2. The lowest BCUT2D eigenvalue weighted by Crippen LogP contribution is -2.42. The maximum Gasteiger partial charge on any atom is 0.373 e. The molecule has 1 saturated carbocycles. The van der Waals surface area contributed by atoms with Crippen LogP contribution in [-0.4, -0.2) is 48.6 Å². The molecule has 1 aromatic carbocycles. The molecule has 0 bridgehead atoms. The van der Waals surface area contributed by atoms with Gasteiger partial charge in [0.2, 0.25) is 5.84 Å². The van der Waals surface area contributed by atoms with E-state index in [1.165, 1.54) is 12.8 Å². The zero-order valence-corrected chi connectivity index (χ0v) is 15.7. The van der Waals surface area contributed by atoms with Crippen molar-refractivity contribution < 1.29 is 14.3 Å². The minimum Gasteiger partial charge on any atom is -0.460 e. The van der Waals surface area contributed by atoms with Crippen LogP contribution in [0.3, 0.4) is 0 Å². The van der Waals surface area contributed by atoms with E-state index in [1.807, 2.05) is 11.8 Å². The predicted molar refractivity (Wildman–Crippen MR) is 100 cm³/mol. The molecule has 26 heavy (non-hydrogen) atoms. The molecule has 1 heterocycles. The van der Waals surface area contributed by atoms with Crippen molar-refractivity contribution >= 4 is 35.1 Å². The number of aliphatic imine (C=N–C) groups is 1. The van der Waals surface area contributed by atoms with Gasteiger partial charge in [-0.2, -0.15) is 0 Å². The van der Waals surface area contributed by atoms with Crippen molar-refractivity contribution in [3.8, 4) is 0 Å². The van der Waals surface area contributed by atoms with Gasteiger partial charge in [-0.05, 0) is 56.4 Å². The van der Waals surface area contributed by atoms with Gasteiger partial charge in [-0.25, -0.2) is 14.6 Å². The normalized spacial score (nSPS) is 19.1. The molecule has 0 spiro atoms. The number of nitrogens with one attached hydrogen (secondary N) is 2. The number of halogens is 1. The van der Waals surface area contributed by atoms with Gasteiger partial charge in [-0.3, -0.25) is 0 Å². The van der Waals surface area contributed by atoms with E-state index in [9.17, 15) is 9.59 Å². The third-order valence-corrected chi connectivity index (χ3v) is 4.57. The third-order valence-electron chi connectivity index (χ3n) is 4.34. The molecule has 2 aliphatic rings. The first-order valence-corrected chi connectivity index (χ1v) is 9.17. The van der Waals surface area contributed by atoms with E-state index in [4.69, 9.17) is 16.3 Å². The Morgan fingerprint density at radius 3 is 2.81 bits per heavy atom. The van der Waals surface area contributed by atoms with E-state index >= 15 is 0 Å². The standard InChI is InChI=1S/C18H23ClN4O3/c1-3-26-17(24)16-21-15(10-23(16)9-12-4-5-12)22-18(25)20-14-7-6-13(19)8-11(14)2/h6-8,12,15H,3-5,9-10H2,1-2H3,(H2,20,22,25). The Kier molecular flexibility index (Phi) is 5.66. The summed E-state index contributed by atoms with van der Waals surface area (Å²) in [6.07, 6.45) is 1.85. The second-order valence-corrected chi connectivity index (χ2v) is 7.03. The van der Waals surface area contributed by atoms with Crippen molar-refractivity contribution in [3.05, 3.63) is 28.8 Å². The zero-order valence-electron chi connectivity index (χ0n) is 14.9. The number of carbonyl (C=O) groups is 2. The Morgan fingerprint density at radius 1 is 1.38 bits per heavy atom. The van der Waals surface area contributed by atoms with Gasteiger partial charge >= 0.3 is 12.0 Å². The molecule has 0 radical (unpaired) electrons. The first kappa shape index (κ1) is 18.5. The Hall–Kier alpha value is -2.28. The minimum absolute atomic E-state index is 0.295. The third kappa shape index (κ3) is 4.66. The molecule has 0 aromatic heterocycles. The fourth-order valence-electron chi connectivity index (χ4n) is 2.87. The number of hydrogen-bond acceptors (Lipinski definition) is 5. The first-order chi connectivity index (χ1) is 12.5. The number of nitrogens with zero attached hydrogens (tertiary/aromatic N) is 2. The second kappa shape index (κ2) is 7.95. The van der Waals surface area contributed by atoms with Gasteiger partial charge in [0, 0.05) is 17.3 Å². The molecule has 1 aliphatic heterocycles. The van der Waals surface area contributed by atoms with E-state index in [-0.39, 0.29) is 6.03 Å². The number of esters is 1. The Labute approximate surface area is 157 Å². The highest BCUT2D eigenvalue weighted by atomic mass is 35.5. The summed E-state index contributed by atoms with van der Waals surface area (Å²) in [5.41, 5.74) is 1.54. The summed E-state index contributed by atoms with van der Waals surface area (Å²) >= 11 is 5.93. The highest BCUT2D eigenvalue weighted by Crippen LogP contribution is 2.30. The first-order valence-electron chi connectivity index (χ1n) is 8.79. The average molecular weight is 379 g/mol. The molecule has 1 aliphatic carbocycles. The fraction of sp³-hybridized carbons (Fsp3) is 0.500. The summed E-state index contributed by atoms with van der Waals surface area (Å²) in [4.78, 5) is 30.7. The number of hydrogen-bond donors (Lipinski definition) is 2. The van der Waals surface area contributed by atoms with E-state index in [1.54, 1.807) is 25.1 Å². The van der Waals surface area contributed by atoms with Crippen LogP contribution in [0.5, 0.6) is 0 Å². The van der Waals surface area contributed by atoms with Crippen LogP contribution in [0.15, 0.2) is 23.2 Å². The van der Waals surface area contributed by atoms with Gasteiger partial charge in [0.1, 0.15) is 6.17 Å². The van der Waals surface area contributed by atoms with Crippen LogP contribution in [0.25, 0.3) is 0 Å². The number of amides is 2. The second-order valence-electron chi connectivity index (χ2n) is 6.60. The van der Waals surface area contributed by atoms with Crippen molar-refractivity contribution in [1.82, 2.24) is 10.2 Å². The van der Waals surface area contributed by atoms with Gasteiger partial charge in [0.15, 0.2) is 0 Å². The van der Waals surface area contributed by atoms with Crippen LogP contribution in [0.1, 0.15) is 25.3 Å². The number of amidine groups is 1. The number of aryl methyl sites for hydroxylation is 1. The smallest absolute Gasteiger partial charge is 0.373 e. The monoisotopic (exact) mass is 378 g/mol. The molecule has 0 saturated heterocycles. The molecule has 2 N–H and O–H groups in total. The lowest BCUT2D eigenvalue weighted by Gasteiger charge is -2.20. The van der Waals surface area contributed by atoms with Gasteiger partial charge < -0.3 is 20.3 Å². The van der Waals surface area contributed by atoms with Gasteiger partial charge in [-0.15, -0.1) is 0 Å². The SMILES string of the molecule is CCOC(=O)C1=NC(NC(=O)Nc2ccc(Cl)cc2C)CN1CC1CC1. The van der Waals surface area contributed by atoms with E-state index in [0.29, 0.717) is 35.6 Å². The van der Waals surface area contributed by atoms with E-state index < -0.39 is 12.1 Å². The lowest BCUT2D eigenvalue weighted by atomic mass is 10.2. The molecule has 2 amide bonds. The van der Waals surface area contributed by atoms with Crippen LogP contribution in [0, 0.1) is 12.8 Å². The molecule has 7 nitrogen and oxygen atoms in total. The predicted octanol–water partition coefficient (Wildman–Crippen LogP) is 2.78. The number of anilines is 1. The van der Waals surface area contributed by atoms with Crippen LogP contribution < -0.4 is 10.6 Å². The maximum atomic E-state index is 12.3. The van der Waals surface area contributed by atoms with Crippen molar-refractivity contribution in [2.45, 2.75) is 32.9 Å². The summed E-state index contributed by atoms with van der Waals surface area (Å²) in [7, 11) is 0. The van der Waals surface area contributed by atoms with Crippen molar-refractivity contribution in [2.75, 3.05) is 25.0 Å². The van der Waals surface area contributed by atoms with Crippen LogP contribution in [0.2, 0.25) is 5.02 Å². The Morgan fingerprint density at radius 2 is 2.15 bits per heavy atom. The summed E-state index contributed by atoms with van der Waals surface area (Å²) in [6, 6.07) is 4.87. The molecule has 1 atom stereocenters. The zero-order chi connectivity index (χ0) is 18.7. The summed E-state index contributed by atoms with van der Waals surface area (Å²) in [5.74, 6) is 0.456. The highest BCUT2D eigenvalue weighted by Gasteiger charge is 2.35. The van der Waals surface area contributed by atoms with Gasteiger partial charge in [-0.1, -0.05) is 11.6 Å². The van der Waals surface area contributed by atoms with Crippen molar-refractivity contribution in [2.24, 2.45) is 10.9 Å². The largest absolute Gasteiger partial charge is 0.460 e. The summed E-state index contributed by atoms with van der Waals surface area (Å²) in [6.45, 7) is 5.16. The quantitative estimate of drug-likeness (QED) is 0.745. The highest BCUT2D eigenvalue weighted by molar-refractivity contribution is 6.35. The molecule has 1 fully saturated rings. The van der Waals surface area contributed by atoms with Crippen LogP contribution in [0.4, 0.5) is 10.5 Å². The fourth-order valence-corrected chi connectivity index (χ4v) is 3.10. The Balaban J connectivity index is 1.62. The van der Waals surface area contributed by atoms with E-state index in [0.717, 1.165) is 12.1 Å². The topological polar surface area (TPSA) is 83.0 Å². The van der Waals surface area contributed by atoms with Gasteiger partial charge in [0.05, 0.1) is 13.2 Å².